The van der Waals surface area contributed by atoms with Gasteiger partial charge >= 0.3 is 0 Å². The van der Waals surface area contributed by atoms with Crippen LogP contribution in [0.2, 0.25) is 0 Å². The minimum absolute atomic E-state index is 0.00230. The number of methoxy groups -OCH3 is 1. The maximum Gasteiger partial charge on any atom is 0.264 e. The zero-order valence-electron chi connectivity index (χ0n) is 16.7. The molecule has 3 N–H and O–H groups in total. The first kappa shape index (κ1) is 21.8. The summed E-state index contributed by atoms with van der Waals surface area (Å²) >= 11 is 0. The average molecular weight is 439 g/mol. The Morgan fingerprint density at radius 1 is 0.935 bits per heavy atom. The summed E-state index contributed by atoms with van der Waals surface area (Å²) in [6.07, 6.45) is 0. The molecule has 0 bridgehead atoms. The first-order chi connectivity index (χ1) is 14.8. The number of hydrogen-bond donors (Lipinski definition) is 2. The van der Waals surface area contributed by atoms with Gasteiger partial charge in [0.05, 0.1) is 28.9 Å². The highest BCUT2D eigenvalue weighted by Gasteiger charge is 2.27. The van der Waals surface area contributed by atoms with Gasteiger partial charge in [0.15, 0.2) is 0 Å². The Labute approximate surface area is 180 Å². The minimum Gasteiger partial charge on any atom is -0.497 e. The number of amides is 2. The van der Waals surface area contributed by atoms with Crippen LogP contribution in [0, 0.1) is 0 Å². The largest absolute Gasteiger partial charge is 0.497 e. The van der Waals surface area contributed by atoms with Crippen molar-refractivity contribution in [2.24, 2.45) is 5.73 Å². The lowest BCUT2D eigenvalue weighted by molar-refractivity contribution is -0.114. The van der Waals surface area contributed by atoms with Crippen LogP contribution in [0.25, 0.3) is 0 Å². The van der Waals surface area contributed by atoms with Gasteiger partial charge in [-0.25, -0.2) is 8.42 Å². The van der Waals surface area contributed by atoms with Crippen molar-refractivity contribution >= 4 is 33.2 Å². The van der Waals surface area contributed by atoms with Crippen molar-refractivity contribution in [3.05, 3.63) is 84.4 Å². The van der Waals surface area contributed by atoms with Crippen LogP contribution in [0.3, 0.4) is 0 Å². The van der Waals surface area contributed by atoms with Gasteiger partial charge in [-0.3, -0.25) is 13.9 Å². The number of nitrogens with one attached hydrogen (secondary N) is 1. The number of rotatable bonds is 8. The number of benzene rings is 3. The molecule has 0 fully saturated rings. The number of sulfonamides is 1. The van der Waals surface area contributed by atoms with E-state index in [9.17, 15) is 18.0 Å². The number of nitrogens with zero attached hydrogens (tertiary/aromatic N) is 1. The van der Waals surface area contributed by atoms with Gasteiger partial charge in [0.25, 0.3) is 15.9 Å². The van der Waals surface area contributed by atoms with Gasteiger partial charge in [0.1, 0.15) is 12.3 Å². The molecule has 31 heavy (non-hydrogen) atoms. The monoisotopic (exact) mass is 439 g/mol. The number of ether oxygens (including phenoxy) is 1. The number of carbonyl (C=O) groups is 2. The van der Waals surface area contributed by atoms with E-state index in [4.69, 9.17) is 10.5 Å². The molecular formula is C22H21N3O5S. The van der Waals surface area contributed by atoms with Crippen LogP contribution in [0.15, 0.2) is 83.8 Å². The standard InChI is InChI=1S/C22H21N3O5S/c1-30-17-11-13-18(14-12-17)31(28,29)25(16-7-3-2-4-8-16)15-21(26)24-20-10-6-5-9-19(20)22(23)27/h2-14H,15H2,1H3,(H2,23,27)(H,24,26). The fourth-order valence-corrected chi connectivity index (χ4v) is 4.33. The summed E-state index contributed by atoms with van der Waals surface area (Å²) in [4.78, 5) is 24.4. The van der Waals surface area contributed by atoms with Gasteiger partial charge in [0.2, 0.25) is 5.91 Å². The molecule has 0 aromatic heterocycles. The lowest BCUT2D eigenvalue weighted by Gasteiger charge is -2.24. The van der Waals surface area contributed by atoms with E-state index >= 15 is 0 Å². The number of nitrogens with two attached hydrogens (primary N) is 1. The molecule has 8 nitrogen and oxygen atoms in total. The number of para-hydroxylation sites is 2. The van der Waals surface area contributed by atoms with E-state index in [-0.39, 0.29) is 16.1 Å². The van der Waals surface area contributed by atoms with Crippen LogP contribution < -0.4 is 20.1 Å². The summed E-state index contributed by atoms with van der Waals surface area (Å²) in [6, 6.07) is 20.4. The lowest BCUT2D eigenvalue weighted by atomic mass is 10.1. The number of hydrogen-bond acceptors (Lipinski definition) is 5. The molecule has 0 aliphatic carbocycles. The van der Waals surface area contributed by atoms with Crippen LogP contribution in [-0.2, 0) is 14.8 Å². The Morgan fingerprint density at radius 2 is 1.55 bits per heavy atom. The van der Waals surface area contributed by atoms with Crippen LogP contribution in [0.5, 0.6) is 5.75 Å². The molecule has 2 amide bonds. The van der Waals surface area contributed by atoms with E-state index < -0.39 is 28.4 Å². The smallest absolute Gasteiger partial charge is 0.264 e. The molecule has 0 radical (unpaired) electrons. The third kappa shape index (κ3) is 5.01. The lowest BCUT2D eigenvalue weighted by Crippen LogP contribution is -2.38. The van der Waals surface area contributed by atoms with E-state index in [1.165, 1.54) is 43.5 Å². The van der Waals surface area contributed by atoms with Crippen molar-refractivity contribution in [3.63, 3.8) is 0 Å². The molecule has 0 saturated carbocycles. The highest BCUT2D eigenvalue weighted by atomic mass is 32.2. The van der Waals surface area contributed by atoms with Crippen molar-refractivity contribution in [3.8, 4) is 5.75 Å². The van der Waals surface area contributed by atoms with Crippen LogP contribution >= 0.6 is 0 Å². The SMILES string of the molecule is COc1ccc(S(=O)(=O)N(CC(=O)Nc2ccccc2C(N)=O)c2ccccc2)cc1. The molecule has 0 aliphatic heterocycles. The topological polar surface area (TPSA) is 119 Å². The number of primary amides is 1. The molecule has 9 heteroatoms. The average Bonchev–Trinajstić information content (AvgIpc) is 2.78. The summed E-state index contributed by atoms with van der Waals surface area (Å²) in [5, 5.41) is 2.57. The molecule has 0 atom stereocenters. The highest BCUT2D eigenvalue weighted by molar-refractivity contribution is 7.92. The van der Waals surface area contributed by atoms with Gasteiger partial charge in [0, 0.05) is 0 Å². The van der Waals surface area contributed by atoms with Crippen LogP contribution in [-0.4, -0.2) is 33.9 Å². The molecular weight excluding hydrogens is 418 g/mol. The minimum atomic E-state index is -4.07. The van der Waals surface area contributed by atoms with Gasteiger partial charge in [-0.15, -0.1) is 0 Å². The van der Waals surface area contributed by atoms with Crippen molar-refractivity contribution in [1.29, 1.82) is 0 Å². The normalized spacial score (nSPS) is 10.9. The molecule has 3 aromatic rings. The van der Waals surface area contributed by atoms with E-state index in [1.54, 1.807) is 42.5 Å². The van der Waals surface area contributed by atoms with Gasteiger partial charge in [-0.1, -0.05) is 30.3 Å². The summed E-state index contributed by atoms with van der Waals surface area (Å²) in [7, 11) is -2.59. The quantitative estimate of drug-likeness (QED) is 0.559. The predicted octanol–water partition coefficient (Wildman–Crippen LogP) is 2.63. The molecule has 0 unspecified atom stereocenters. The van der Waals surface area contributed by atoms with E-state index in [1.807, 2.05) is 0 Å². The Balaban J connectivity index is 1.93. The fraction of sp³-hybridized carbons (Fsp3) is 0.0909. The Kier molecular flexibility index (Phi) is 6.56. The van der Waals surface area contributed by atoms with E-state index in [0.717, 1.165) is 4.31 Å². The van der Waals surface area contributed by atoms with E-state index in [2.05, 4.69) is 5.32 Å². The van der Waals surface area contributed by atoms with Crippen molar-refractivity contribution in [1.82, 2.24) is 0 Å². The molecule has 0 saturated heterocycles. The van der Waals surface area contributed by atoms with Crippen LogP contribution in [0.4, 0.5) is 11.4 Å². The summed E-state index contributed by atoms with van der Waals surface area (Å²) < 4.78 is 32.7. The molecule has 160 valence electrons. The second-order valence-electron chi connectivity index (χ2n) is 6.48. The first-order valence-corrected chi connectivity index (χ1v) is 10.7. The number of anilines is 2. The fourth-order valence-electron chi connectivity index (χ4n) is 2.91. The Hall–Kier alpha value is -3.85. The maximum atomic E-state index is 13.3. The predicted molar refractivity (Wildman–Crippen MR) is 118 cm³/mol. The van der Waals surface area contributed by atoms with Gasteiger partial charge in [-0.05, 0) is 48.5 Å². The van der Waals surface area contributed by atoms with Gasteiger partial charge in [-0.2, -0.15) is 0 Å². The van der Waals surface area contributed by atoms with Crippen LogP contribution in [0.1, 0.15) is 10.4 Å². The second kappa shape index (κ2) is 9.31. The van der Waals surface area contributed by atoms with Crippen molar-refractivity contribution in [2.45, 2.75) is 4.90 Å². The maximum absolute atomic E-state index is 13.3. The van der Waals surface area contributed by atoms with Crippen molar-refractivity contribution in [2.75, 3.05) is 23.3 Å². The molecule has 3 rings (SSSR count). The summed E-state index contributed by atoms with van der Waals surface area (Å²) in [5.41, 5.74) is 5.99. The zero-order valence-corrected chi connectivity index (χ0v) is 17.5. The third-order valence-electron chi connectivity index (χ3n) is 4.45. The zero-order chi connectivity index (χ0) is 22.4. The molecule has 0 aliphatic rings. The van der Waals surface area contributed by atoms with Crippen molar-refractivity contribution < 1.29 is 22.7 Å². The Bertz CT molecular complexity index is 1180. The summed E-state index contributed by atoms with van der Waals surface area (Å²) in [5.74, 6) is -0.831. The molecule has 0 spiro atoms. The summed E-state index contributed by atoms with van der Waals surface area (Å²) in [6.45, 7) is -0.508. The highest BCUT2D eigenvalue weighted by Crippen LogP contribution is 2.25. The number of carbonyl (C=O) groups excluding carboxylic acids is 2. The third-order valence-corrected chi connectivity index (χ3v) is 6.23. The molecule has 3 aromatic carbocycles. The second-order valence-corrected chi connectivity index (χ2v) is 8.34. The van der Waals surface area contributed by atoms with Gasteiger partial charge < -0.3 is 15.8 Å². The first-order valence-electron chi connectivity index (χ1n) is 9.23. The molecule has 0 heterocycles. The van der Waals surface area contributed by atoms with E-state index in [0.29, 0.717) is 11.4 Å². The Morgan fingerprint density at radius 3 is 2.16 bits per heavy atom.